The molecule has 0 spiro atoms. The molecule has 106 valence electrons. The molecule has 0 aliphatic carbocycles. The van der Waals surface area contributed by atoms with Gasteiger partial charge >= 0.3 is 0 Å². The molecule has 19 heavy (non-hydrogen) atoms. The largest absolute Gasteiger partial charge is 0.381 e. The van der Waals surface area contributed by atoms with Crippen molar-refractivity contribution in [2.45, 2.75) is 24.7 Å². The van der Waals surface area contributed by atoms with Crippen LogP contribution in [0, 0.1) is 5.41 Å². The lowest BCUT2D eigenvalue weighted by Gasteiger charge is -2.33. The highest BCUT2D eigenvalue weighted by Crippen LogP contribution is 2.29. The highest BCUT2D eigenvalue weighted by molar-refractivity contribution is 9.10. The summed E-state index contributed by atoms with van der Waals surface area (Å²) in [5, 5.41) is 0. The zero-order valence-corrected chi connectivity index (χ0v) is 13.1. The maximum Gasteiger partial charge on any atom is 0.242 e. The van der Waals surface area contributed by atoms with Gasteiger partial charge in [0.15, 0.2) is 0 Å². The number of hydrogen-bond acceptors (Lipinski definition) is 4. The Labute approximate surface area is 121 Å². The number of hydrogen-bond donors (Lipinski definition) is 1. The van der Waals surface area contributed by atoms with Gasteiger partial charge in [-0.3, -0.25) is 4.98 Å². The van der Waals surface area contributed by atoms with Gasteiger partial charge in [0.05, 0.1) is 0 Å². The third-order valence-corrected chi connectivity index (χ3v) is 5.18. The molecule has 1 N–H and O–H groups in total. The molecule has 0 unspecified atom stereocenters. The van der Waals surface area contributed by atoms with Crippen LogP contribution in [0.1, 0.15) is 19.8 Å². The van der Waals surface area contributed by atoms with E-state index in [1.54, 1.807) is 12.3 Å². The van der Waals surface area contributed by atoms with Crippen molar-refractivity contribution in [3.05, 3.63) is 22.9 Å². The smallest absolute Gasteiger partial charge is 0.242 e. The second-order valence-electron chi connectivity index (χ2n) is 5.09. The molecule has 2 heterocycles. The SMILES string of the molecule is CC1(CNS(=O)(=O)c2cncc(Br)c2)CCOCC1. The Balaban J connectivity index is 2.05. The molecule has 2 rings (SSSR count). The molecule has 1 aliphatic heterocycles. The first kappa shape index (κ1) is 14.9. The molecular weight excluding hydrogens is 332 g/mol. The van der Waals surface area contributed by atoms with Crippen LogP contribution in [0.4, 0.5) is 0 Å². The minimum atomic E-state index is -3.50. The van der Waals surface area contributed by atoms with Crippen molar-refractivity contribution in [3.8, 4) is 0 Å². The molecule has 1 saturated heterocycles. The summed E-state index contributed by atoms with van der Waals surface area (Å²) in [5.41, 5.74) is -0.0369. The van der Waals surface area contributed by atoms with E-state index in [1.807, 2.05) is 0 Å². The maximum atomic E-state index is 12.2. The van der Waals surface area contributed by atoms with E-state index in [0.717, 1.165) is 12.8 Å². The summed E-state index contributed by atoms with van der Waals surface area (Å²) >= 11 is 3.22. The normalized spacial score (nSPS) is 19.3. The number of nitrogens with one attached hydrogen (secondary N) is 1. The first-order chi connectivity index (χ1) is 8.91. The first-order valence-electron chi connectivity index (χ1n) is 6.09. The second kappa shape index (κ2) is 5.87. The fourth-order valence-electron chi connectivity index (χ4n) is 1.93. The van der Waals surface area contributed by atoms with Crippen LogP contribution < -0.4 is 4.72 Å². The van der Waals surface area contributed by atoms with Crippen LogP contribution in [-0.2, 0) is 14.8 Å². The molecule has 0 radical (unpaired) electrons. The summed E-state index contributed by atoms with van der Waals surface area (Å²) in [6.07, 6.45) is 4.64. The fourth-order valence-corrected chi connectivity index (χ4v) is 3.64. The fraction of sp³-hybridized carbons (Fsp3) is 0.583. The average molecular weight is 349 g/mol. The molecular formula is C12H17BrN2O3S. The highest BCUT2D eigenvalue weighted by atomic mass is 79.9. The lowest BCUT2D eigenvalue weighted by atomic mass is 9.83. The van der Waals surface area contributed by atoms with Crippen LogP contribution >= 0.6 is 15.9 Å². The monoisotopic (exact) mass is 348 g/mol. The van der Waals surface area contributed by atoms with Crippen LogP contribution in [0.15, 0.2) is 27.8 Å². The van der Waals surface area contributed by atoms with Crippen LogP contribution in [-0.4, -0.2) is 33.2 Å². The van der Waals surface area contributed by atoms with Crippen LogP contribution in [0.2, 0.25) is 0 Å². The molecule has 7 heteroatoms. The Bertz CT molecular complexity index is 542. The molecule has 0 atom stereocenters. The van der Waals surface area contributed by atoms with E-state index in [-0.39, 0.29) is 10.3 Å². The van der Waals surface area contributed by atoms with E-state index in [4.69, 9.17) is 4.74 Å². The zero-order chi connectivity index (χ0) is 13.9. The second-order valence-corrected chi connectivity index (χ2v) is 7.77. The van der Waals surface area contributed by atoms with E-state index in [0.29, 0.717) is 24.2 Å². The minimum Gasteiger partial charge on any atom is -0.381 e. The lowest BCUT2D eigenvalue weighted by Crippen LogP contribution is -2.39. The summed E-state index contributed by atoms with van der Waals surface area (Å²) in [6.45, 7) is 3.88. The average Bonchev–Trinajstić information content (AvgIpc) is 2.38. The summed E-state index contributed by atoms with van der Waals surface area (Å²) < 4.78 is 33.0. The van der Waals surface area contributed by atoms with E-state index in [1.165, 1.54) is 6.20 Å². The number of rotatable bonds is 4. The third-order valence-electron chi connectivity index (χ3n) is 3.38. The van der Waals surface area contributed by atoms with Gasteiger partial charge in [-0.2, -0.15) is 0 Å². The standard InChI is InChI=1S/C12H17BrN2O3S/c1-12(2-4-18-5-3-12)9-15-19(16,17)11-6-10(13)7-14-8-11/h6-8,15H,2-5,9H2,1H3. The molecule has 1 aromatic heterocycles. The summed E-state index contributed by atoms with van der Waals surface area (Å²) in [7, 11) is -3.50. The van der Waals surface area contributed by atoms with Gasteiger partial charge in [-0.05, 0) is 40.3 Å². The Hall–Kier alpha value is -0.500. The molecule has 0 amide bonds. The first-order valence-corrected chi connectivity index (χ1v) is 8.37. The van der Waals surface area contributed by atoms with Gasteiger partial charge in [-0.25, -0.2) is 13.1 Å². The Morgan fingerprint density at radius 2 is 2.11 bits per heavy atom. The Morgan fingerprint density at radius 3 is 2.74 bits per heavy atom. The van der Waals surface area contributed by atoms with Crippen LogP contribution in [0.25, 0.3) is 0 Å². The predicted octanol–water partition coefficient (Wildman–Crippen LogP) is 1.94. The molecule has 1 aromatic rings. The minimum absolute atomic E-state index is 0.0369. The van der Waals surface area contributed by atoms with Crippen molar-refractivity contribution < 1.29 is 13.2 Å². The van der Waals surface area contributed by atoms with E-state index in [2.05, 4.69) is 32.6 Å². The van der Waals surface area contributed by atoms with E-state index in [9.17, 15) is 8.42 Å². The van der Waals surface area contributed by atoms with E-state index < -0.39 is 10.0 Å². The van der Waals surface area contributed by atoms with Gasteiger partial charge in [-0.15, -0.1) is 0 Å². The molecule has 5 nitrogen and oxygen atoms in total. The molecule has 0 saturated carbocycles. The third kappa shape index (κ3) is 3.98. The van der Waals surface area contributed by atoms with E-state index >= 15 is 0 Å². The zero-order valence-electron chi connectivity index (χ0n) is 10.7. The predicted molar refractivity (Wildman–Crippen MR) is 75.3 cm³/mol. The van der Waals surface area contributed by atoms with Crippen LogP contribution in [0.3, 0.4) is 0 Å². The topological polar surface area (TPSA) is 68.3 Å². The highest BCUT2D eigenvalue weighted by Gasteiger charge is 2.29. The van der Waals surface area contributed by atoms with Gasteiger partial charge < -0.3 is 4.74 Å². The summed E-state index contributed by atoms with van der Waals surface area (Å²) in [4.78, 5) is 4.05. The van der Waals surface area contributed by atoms with Gasteiger partial charge in [-0.1, -0.05) is 6.92 Å². The summed E-state index contributed by atoms with van der Waals surface area (Å²) in [6, 6.07) is 1.54. The van der Waals surface area contributed by atoms with Crippen LogP contribution in [0.5, 0.6) is 0 Å². The summed E-state index contributed by atoms with van der Waals surface area (Å²) in [5.74, 6) is 0. The number of nitrogens with zero attached hydrogens (tertiary/aromatic N) is 1. The maximum absolute atomic E-state index is 12.2. The number of ether oxygens (including phenoxy) is 1. The quantitative estimate of drug-likeness (QED) is 0.902. The van der Waals surface area contributed by atoms with Gasteiger partial charge in [0.1, 0.15) is 4.90 Å². The molecule has 1 aliphatic rings. The Kier molecular flexibility index (Phi) is 4.60. The van der Waals surface area contributed by atoms with Crippen molar-refractivity contribution in [2.75, 3.05) is 19.8 Å². The van der Waals surface area contributed by atoms with Gasteiger partial charge in [0.25, 0.3) is 0 Å². The lowest BCUT2D eigenvalue weighted by molar-refractivity contribution is 0.0264. The van der Waals surface area contributed by atoms with Crippen molar-refractivity contribution in [2.24, 2.45) is 5.41 Å². The Morgan fingerprint density at radius 1 is 1.42 bits per heavy atom. The van der Waals surface area contributed by atoms with Gasteiger partial charge in [0.2, 0.25) is 10.0 Å². The number of aromatic nitrogens is 1. The number of sulfonamides is 1. The molecule has 0 aromatic carbocycles. The van der Waals surface area contributed by atoms with Crippen molar-refractivity contribution in [1.82, 2.24) is 9.71 Å². The van der Waals surface area contributed by atoms with Crippen molar-refractivity contribution >= 4 is 26.0 Å². The van der Waals surface area contributed by atoms with Gasteiger partial charge in [0, 0.05) is 36.6 Å². The molecule has 1 fully saturated rings. The number of halogens is 1. The molecule has 0 bridgehead atoms. The number of pyridine rings is 1. The van der Waals surface area contributed by atoms with Crippen molar-refractivity contribution in [3.63, 3.8) is 0 Å². The van der Waals surface area contributed by atoms with Crippen molar-refractivity contribution in [1.29, 1.82) is 0 Å².